The molecular formula is C15H25N3. The Kier molecular flexibility index (Phi) is 3.62. The molecule has 1 aromatic rings. The Morgan fingerprint density at radius 1 is 1.50 bits per heavy atom. The summed E-state index contributed by atoms with van der Waals surface area (Å²) in [7, 11) is 0. The van der Waals surface area contributed by atoms with Gasteiger partial charge in [-0.25, -0.2) is 4.98 Å². The fraction of sp³-hybridized carbons (Fsp3) is 0.667. The molecule has 1 aromatic heterocycles. The molecule has 1 atom stereocenters. The third kappa shape index (κ3) is 2.66. The van der Waals surface area contributed by atoms with Crippen molar-refractivity contribution >= 4 is 5.82 Å². The molecule has 2 rings (SSSR count). The molecule has 0 radical (unpaired) electrons. The van der Waals surface area contributed by atoms with Crippen LogP contribution in [0.4, 0.5) is 5.82 Å². The van der Waals surface area contributed by atoms with E-state index in [1.54, 1.807) is 0 Å². The Hall–Kier alpha value is -1.09. The predicted molar refractivity (Wildman–Crippen MR) is 77.0 cm³/mol. The maximum Gasteiger partial charge on any atom is 0.131 e. The molecule has 0 saturated carbocycles. The average molecular weight is 247 g/mol. The van der Waals surface area contributed by atoms with Crippen molar-refractivity contribution < 1.29 is 0 Å². The van der Waals surface area contributed by atoms with Gasteiger partial charge in [0.2, 0.25) is 0 Å². The first-order valence-electron chi connectivity index (χ1n) is 6.89. The normalized spacial score (nSPS) is 20.2. The number of nitrogens with zero attached hydrogens (tertiary/aromatic N) is 2. The first-order chi connectivity index (χ1) is 8.40. The van der Waals surface area contributed by atoms with Crippen LogP contribution >= 0.6 is 0 Å². The monoisotopic (exact) mass is 247 g/mol. The highest BCUT2D eigenvalue weighted by atomic mass is 15.3. The van der Waals surface area contributed by atoms with Gasteiger partial charge in [0.1, 0.15) is 5.82 Å². The van der Waals surface area contributed by atoms with Gasteiger partial charge in [-0.3, -0.25) is 0 Å². The summed E-state index contributed by atoms with van der Waals surface area (Å²) in [6, 6.07) is 2.43. The molecule has 1 fully saturated rings. The van der Waals surface area contributed by atoms with Crippen molar-refractivity contribution in [1.29, 1.82) is 0 Å². The molecule has 100 valence electrons. The van der Waals surface area contributed by atoms with Crippen molar-refractivity contribution in [2.45, 2.75) is 58.5 Å². The van der Waals surface area contributed by atoms with Crippen molar-refractivity contribution in [2.24, 2.45) is 5.73 Å². The molecule has 2 heterocycles. The first kappa shape index (κ1) is 13.3. The zero-order valence-electron chi connectivity index (χ0n) is 12.0. The van der Waals surface area contributed by atoms with Crippen LogP contribution in [0.3, 0.4) is 0 Å². The first-order valence-corrected chi connectivity index (χ1v) is 6.89. The molecule has 0 aromatic carbocycles. The molecule has 1 unspecified atom stereocenters. The van der Waals surface area contributed by atoms with Gasteiger partial charge in [-0.2, -0.15) is 0 Å². The van der Waals surface area contributed by atoms with Crippen LogP contribution < -0.4 is 10.6 Å². The fourth-order valence-electron chi connectivity index (χ4n) is 2.89. The number of aromatic nitrogens is 1. The van der Waals surface area contributed by atoms with Crippen LogP contribution in [0.2, 0.25) is 0 Å². The molecule has 0 spiro atoms. The van der Waals surface area contributed by atoms with Crippen LogP contribution in [0.1, 0.15) is 44.7 Å². The molecule has 18 heavy (non-hydrogen) atoms. The van der Waals surface area contributed by atoms with Gasteiger partial charge in [-0.15, -0.1) is 0 Å². The quantitative estimate of drug-likeness (QED) is 0.893. The zero-order valence-corrected chi connectivity index (χ0v) is 12.0. The van der Waals surface area contributed by atoms with Gasteiger partial charge < -0.3 is 10.6 Å². The van der Waals surface area contributed by atoms with Gasteiger partial charge in [0.25, 0.3) is 0 Å². The largest absolute Gasteiger partial charge is 0.351 e. The molecule has 1 aliphatic rings. The molecule has 3 heteroatoms. The fourth-order valence-corrected chi connectivity index (χ4v) is 2.89. The van der Waals surface area contributed by atoms with Gasteiger partial charge in [-0.1, -0.05) is 6.07 Å². The number of hydrogen-bond acceptors (Lipinski definition) is 3. The maximum absolute atomic E-state index is 5.84. The zero-order chi connectivity index (χ0) is 13.3. The topological polar surface area (TPSA) is 42.1 Å². The summed E-state index contributed by atoms with van der Waals surface area (Å²) in [6.45, 7) is 9.91. The number of anilines is 1. The number of aryl methyl sites for hydroxylation is 1. The van der Waals surface area contributed by atoms with Gasteiger partial charge in [0, 0.05) is 24.3 Å². The minimum atomic E-state index is 0.195. The highest BCUT2D eigenvalue weighted by Gasteiger charge is 2.33. The SMILES string of the molecule is Cc1cc(CC(C)N)cnc1N1CCCC1(C)C. The van der Waals surface area contributed by atoms with Crippen LogP contribution in [0, 0.1) is 6.92 Å². The third-order valence-electron chi connectivity index (χ3n) is 3.82. The van der Waals surface area contributed by atoms with Crippen molar-refractivity contribution in [3.63, 3.8) is 0 Å². The Morgan fingerprint density at radius 2 is 2.22 bits per heavy atom. The van der Waals surface area contributed by atoms with Crippen LogP contribution in [-0.2, 0) is 6.42 Å². The third-order valence-corrected chi connectivity index (χ3v) is 3.82. The molecule has 0 bridgehead atoms. The molecule has 0 amide bonds. The van der Waals surface area contributed by atoms with Crippen LogP contribution in [0.25, 0.3) is 0 Å². The minimum absolute atomic E-state index is 0.195. The second kappa shape index (κ2) is 4.88. The standard InChI is InChI=1S/C15H25N3/c1-11-8-13(9-12(2)16)10-17-14(11)18-7-5-6-15(18,3)4/h8,10,12H,5-7,9,16H2,1-4H3. The van der Waals surface area contributed by atoms with E-state index in [0.717, 1.165) is 18.8 Å². The molecule has 3 nitrogen and oxygen atoms in total. The van der Waals surface area contributed by atoms with E-state index in [2.05, 4.69) is 36.7 Å². The lowest BCUT2D eigenvalue weighted by molar-refractivity contribution is 0.513. The van der Waals surface area contributed by atoms with Crippen molar-refractivity contribution in [3.05, 3.63) is 23.4 Å². The van der Waals surface area contributed by atoms with E-state index in [-0.39, 0.29) is 11.6 Å². The van der Waals surface area contributed by atoms with E-state index in [0.29, 0.717) is 0 Å². The number of pyridine rings is 1. The van der Waals surface area contributed by atoms with Crippen molar-refractivity contribution in [3.8, 4) is 0 Å². The van der Waals surface area contributed by atoms with E-state index in [4.69, 9.17) is 5.73 Å². The second-order valence-corrected chi connectivity index (χ2v) is 6.23. The van der Waals surface area contributed by atoms with Gasteiger partial charge in [0.15, 0.2) is 0 Å². The lowest BCUT2D eigenvalue weighted by atomic mass is 10.0. The Morgan fingerprint density at radius 3 is 2.72 bits per heavy atom. The molecule has 0 aliphatic carbocycles. The summed E-state index contributed by atoms with van der Waals surface area (Å²) in [5, 5.41) is 0. The van der Waals surface area contributed by atoms with E-state index < -0.39 is 0 Å². The Balaban J connectivity index is 2.25. The van der Waals surface area contributed by atoms with Crippen LogP contribution in [0.15, 0.2) is 12.3 Å². The predicted octanol–water partition coefficient (Wildman–Crippen LogP) is 2.66. The van der Waals surface area contributed by atoms with Crippen LogP contribution in [-0.4, -0.2) is 23.1 Å². The highest BCUT2D eigenvalue weighted by molar-refractivity contribution is 5.50. The second-order valence-electron chi connectivity index (χ2n) is 6.23. The summed E-state index contributed by atoms with van der Waals surface area (Å²) < 4.78 is 0. The lowest BCUT2D eigenvalue weighted by Crippen LogP contribution is -2.39. The summed E-state index contributed by atoms with van der Waals surface area (Å²) in [5.74, 6) is 1.14. The summed E-state index contributed by atoms with van der Waals surface area (Å²) >= 11 is 0. The van der Waals surface area contributed by atoms with E-state index in [9.17, 15) is 0 Å². The van der Waals surface area contributed by atoms with Crippen molar-refractivity contribution in [2.75, 3.05) is 11.4 Å². The smallest absolute Gasteiger partial charge is 0.131 e. The van der Waals surface area contributed by atoms with E-state index in [1.807, 2.05) is 13.1 Å². The minimum Gasteiger partial charge on any atom is -0.351 e. The summed E-state index contributed by atoms with van der Waals surface area (Å²) in [4.78, 5) is 7.12. The van der Waals surface area contributed by atoms with Gasteiger partial charge in [-0.05, 0) is 58.1 Å². The van der Waals surface area contributed by atoms with Crippen molar-refractivity contribution in [1.82, 2.24) is 4.98 Å². The highest BCUT2D eigenvalue weighted by Crippen LogP contribution is 2.34. The lowest BCUT2D eigenvalue weighted by Gasteiger charge is -2.33. The van der Waals surface area contributed by atoms with E-state index in [1.165, 1.54) is 24.0 Å². The van der Waals surface area contributed by atoms with E-state index >= 15 is 0 Å². The number of nitrogens with two attached hydrogens (primary N) is 1. The molecular weight excluding hydrogens is 222 g/mol. The molecule has 1 saturated heterocycles. The van der Waals surface area contributed by atoms with Gasteiger partial charge in [0.05, 0.1) is 0 Å². The average Bonchev–Trinajstić information content (AvgIpc) is 2.57. The maximum atomic E-state index is 5.84. The summed E-state index contributed by atoms with van der Waals surface area (Å²) in [5.41, 5.74) is 8.58. The summed E-state index contributed by atoms with van der Waals surface area (Å²) in [6.07, 6.45) is 5.39. The Bertz CT molecular complexity index is 424. The van der Waals surface area contributed by atoms with Gasteiger partial charge >= 0.3 is 0 Å². The molecule has 2 N–H and O–H groups in total. The number of rotatable bonds is 3. The van der Waals surface area contributed by atoms with Crippen LogP contribution in [0.5, 0.6) is 0 Å². The molecule has 1 aliphatic heterocycles. The Labute approximate surface area is 110 Å². The number of hydrogen-bond donors (Lipinski definition) is 1.